The van der Waals surface area contributed by atoms with E-state index in [2.05, 4.69) is 4.90 Å². The van der Waals surface area contributed by atoms with E-state index >= 15 is 0 Å². The summed E-state index contributed by atoms with van der Waals surface area (Å²) in [5.41, 5.74) is 0.586. The van der Waals surface area contributed by atoms with Gasteiger partial charge in [-0.15, -0.1) is 0 Å². The molecule has 0 radical (unpaired) electrons. The normalized spacial score (nSPS) is 33.7. The van der Waals surface area contributed by atoms with Crippen LogP contribution in [0.2, 0.25) is 0 Å². The van der Waals surface area contributed by atoms with E-state index in [9.17, 15) is 8.78 Å². The quantitative estimate of drug-likeness (QED) is 0.784. The van der Waals surface area contributed by atoms with Crippen molar-refractivity contribution < 1.29 is 8.78 Å². The summed E-state index contributed by atoms with van der Waals surface area (Å²) in [4.78, 5) is 2.64. The molecule has 1 saturated heterocycles. The molecule has 0 unspecified atom stereocenters. The minimum Gasteiger partial charge on any atom is -0.300 e. The Morgan fingerprint density at radius 3 is 2.43 bits per heavy atom. The van der Waals surface area contributed by atoms with Crippen molar-refractivity contribution in [2.24, 2.45) is 11.8 Å². The van der Waals surface area contributed by atoms with Crippen LogP contribution in [0.4, 0.5) is 8.78 Å². The topological polar surface area (TPSA) is 3.24 Å². The highest BCUT2D eigenvalue weighted by Gasteiger charge is 2.42. The van der Waals surface area contributed by atoms with Crippen LogP contribution < -0.4 is 0 Å². The smallest absolute Gasteiger partial charge is 0.126 e. The summed E-state index contributed by atoms with van der Waals surface area (Å²) in [6.07, 6.45) is 7.59. The molecular weight excluding hydrogens is 268 g/mol. The highest BCUT2D eigenvalue weighted by atomic mass is 19.1. The van der Waals surface area contributed by atoms with Crippen molar-refractivity contribution in [3.63, 3.8) is 0 Å². The molecule has 2 bridgehead atoms. The summed E-state index contributed by atoms with van der Waals surface area (Å²) < 4.78 is 27.2. The Kier molecular flexibility index (Phi) is 3.49. The van der Waals surface area contributed by atoms with Crippen LogP contribution in [0.25, 0.3) is 0 Å². The third-order valence-electron chi connectivity index (χ3n) is 6.10. The second kappa shape index (κ2) is 5.35. The molecule has 3 fully saturated rings. The lowest BCUT2D eigenvalue weighted by Crippen LogP contribution is -2.43. The van der Waals surface area contributed by atoms with Crippen molar-refractivity contribution in [1.82, 2.24) is 4.90 Å². The lowest BCUT2D eigenvalue weighted by Gasteiger charge is -2.39. The van der Waals surface area contributed by atoms with Crippen LogP contribution in [0.1, 0.15) is 50.0 Å². The van der Waals surface area contributed by atoms with Gasteiger partial charge in [-0.05, 0) is 86.7 Å². The minimum atomic E-state index is -0.318. The molecule has 2 saturated carbocycles. The van der Waals surface area contributed by atoms with Crippen LogP contribution in [0.15, 0.2) is 18.2 Å². The van der Waals surface area contributed by atoms with Gasteiger partial charge in [0.05, 0.1) is 0 Å². The first kappa shape index (κ1) is 13.7. The number of nitrogens with zero attached hydrogens (tertiary/aromatic N) is 1. The minimum absolute atomic E-state index is 0.190. The molecule has 0 spiro atoms. The summed E-state index contributed by atoms with van der Waals surface area (Å²) in [6.45, 7) is 2.10. The molecule has 1 nitrogen and oxygen atoms in total. The fourth-order valence-electron chi connectivity index (χ4n) is 5.03. The number of hydrogen-bond acceptors (Lipinski definition) is 1. The third kappa shape index (κ3) is 2.50. The maximum absolute atomic E-state index is 13.9. The Morgan fingerprint density at radius 1 is 0.952 bits per heavy atom. The van der Waals surface area contributed by atoms with Gasteiger partial charge in [0.25, 0.3) is 0 Å². The Morgan fingerprint density at radius 2 is 1.76 bits per heavy atom. The third-order valence-corrected chi connectivity index (χ3v) is 6.10. The molecule has 3 heteroatoms. The summed E-state index contributed by atoms with van der Waals surface area (Å²) in [6, 6.07) is 4.66. The summed E-state index contributed by atoms with van der Waals surface area (Å²) >= 11 is 0. The maximum atomic E-state index is 13.9. The van der Waals surface area contributed by atoms with Crippen LogP contribution in [0, 0.1) is 23.5 Å². The first-order chi connectivity index (χ1) is 10.2. The van der Waals surface area contributed by atoms with Gasteiger partial charge in [-0.1, -0.05) is 6.42 Å². The molecule has 21 heavy (non-hydrogen) atoms. The number of fused-ring (bicyclic) bond motifs is 2. The molecule has 0 N–H and O–H groups in total. The van der Waals surface area contributed by atoms with Gasteiger partial charge in [0, 0.05) is 6.04 Å². The summed E-state index contributed by atoms with van der Waals surface area (Å²) in [5, 5.41) is 0. The highest BCUT2D eigenvalue weighted by Crippen LogP contribution is 2.47. The Labute approximate surface area is 125 Å². The van der Waals surface area contributed by atoms with E-state index in [0.29, 0.717) is 5.56 Å². The van der Waals surface area contributed by atoms with E-state index in [1.165, 1.54) is 43.9 Å². The Balaban J connectivity index is 1.41. The van der Waals surface area contributed by atoms with Crippen molar-refractivity contribution in [2.75, 3.05) is 13.1 Å². The van der Waals surface area contributed by atoms with Gasteiger partial charge >= 0.3 is 0 Å². The van der Waals surface area contributed by atoms with Gasteiger partial charge in [0.2, 0.25) is 0 Å². The van der Waals surface area contributed by atoms with Gasteiger partial charge in [0.15, 0.2) is 0 Å². The molecule has 0 amide bonds. The van der Waals surface area contributed by atoms with E-state index < -0.39 is 0 Å². The predicted molar refractivity (Wildman–Crippen MR) is 79.1 cm³/mol. The van der Waals surface area contributed by atoms with E-state index in [-0.39, 0.29) is 17.6 Å². The molecule has 1 aliphatic heterocycles. The second-order valence-electron chi connectivity index (χ2n) is 7.22. The van der Waals surface area contributed by atoms with Crippen LogP contribution in [-0.2, 0) is 0 Å². The molecule has 3 atom stereocenters. The van der Waals surface area contributed by atoms with Gasteiger partial charge in [-0.3, -0.25) is 0 Å². The van der Waals surface area contributed by atoms with Crippen LogP contribution in [0.5, 0.6) is 0 Å². The first-order valence-electron chi connectivity index (χ1n) is 8.39. The second-order valence-corrected chi connectivity index (χ2v) is 7.22. The average molecular weight is 291 g/mol. The van der Waals surface area contributed by atoms with Crippen LogP contribution in [-0.4, -0.2) is 24.0 Å². The van der Waals surface area contributed by atoms with Crippen LogP contribution in [0.3, 0.4) is 0 Å². The highest BCUT2D eigenvalue weighted by molar-refractivity contribution is 5.23. The van der Waals surface area contributed by atoms with E-state index in [0.717, 1.165) is 43.8 Å². The fourth-order valence-corrected chi connectivity index (χ4v) is 5.03. The van der Waals surface area contributed by atoms with Crippen molar-refractivity contribution >= 4 is 0 Å². The lowest BCUT2D eigenvalue weighted by molar-refractivity contribution is 0.110. The number of hydrogen-bond donors (Lipinski definition) is 0. The zero-order valence-corrected chi connectivity index (χ0v) is 12.4. The summed E-state index contributed by atoms with van der Waals surface area (Å²) in [5.74, 6) is 1.52. The zero-order chi connectivity index (χ0) is 14.4. The van der Waals surface area contributed by atoms with Gasteiger partial charge in [0.1, 0.15) is 11.6 Å². The van der Waals surface area contributed by atoms with E-state index in [1.807, 2.05) is 0 Å². The van der Waals surface area contributed by atoms with Crippen molar-refractivity contribution in [1.29, 1.82) is 0 Å². The average Bonchev–Trinajstić information content (AvgIpc) is 3.13. The van der Waals surface area contributed by atoms with E-state index in [4.69, 9.17) is 0 Å². The molecule has 1 aromatic carbocycles. The largest absolute Gasteiger partial charge is 0.300 e. The molecule has 114 valence electrons. The van der Waals surface area contributed by atoms with Gasteiger partial charge < -0.3 is 4.90 Å². The fraction of sp³-hybridized carbons (Fsp3) is 0.667. The summed E-state index contributed by atoms with van der Waals surface area (Å²) in [7, 11) is 0. The first-order valence-corrected chi connectivity index (χ1v) is 8.39. The monoisotopic (exact) mass is 291 g/mol. The number of halogens is 2. The van der Waals surface area contributed by atoms with Gasteiger partial charge in [-0.25, -0.2) is 8.78 Å². The Bertz CT molecular complexity index is 522. The van der Waals surface area contributed by atoms with Crippen molar-refractivity contribution in [3.8, 4) is 0 Å². The molecule has 1 heterocycles. The standard InChI is InChI=1S/C18H23F2N/c19-15-3-4-17(20)16(11-15)13-5-7-21(8-6-13)18-10-12-1-2-14(18)9-12/h3-4,11-14,18H,1-2,5-10H2/t12-,14-,18-/m0/s1. The molecule has 3 aliphatic rings. The number of piperidine rings is 1. The molecule has 0 aromatic heterocycles. The number of benzene rings is 1. The maximum Gasteiger partial charge on any atom is 0.126 e. The number of rotatable bonds is 2. The molecule has 2 aliphatic carbocycles. The van der Waals surface area contributed by atoms with Crippen LogP contribution >= 0.6 is 0 Å². The van der Waals surface area contributed by atoms with Crippen molar-refractivity contribution in [2.45, 2.75) is 50.5 Å². The lowest BCUT2D eigenvalue weighted by atomic mass is 9.86. The predicted octanol–water partition coefficient (Wildman–Crippen LogP) is 4.33. The SMILES string of the molecule is Fc1ccc(F)c(C2CCN([C@H]3C[C@H]4CC[C@H]3C4)CC2)c1. The molecule has 1 aromatic rings. The van der Waals surface area contributed by atoms with Crippen molar-refractivity contribution in [3.05, 3.63) is 35.4 Å². The van der Waals surface area contributed by atoms with E-state index in [1.54, 1.807) is 0 Å². The Hall–Kier alpha value is -0.960. The molecule has 4 rings (SSSR count). The number of likely N-dealkylation sites (tertiary alicyclic amines) is 1. The van der Waals surface area contributed by atoms with Gasteiger partial charge in [-0.2, -0.15) is 0 Å². The molecular formula is C18H23F2N. The zero-order valence-electron chi connectivity index (χ0n) is 12.4.